The Bertz CT molecular complexity index is 977. The number of para-hydroxylation sites is 1. The summed E-state index contributed by atoms with van der Waals surface area (Å²) in [6, 6.07) is 7.19. The van der Waals surface area contributed by atoms with E-state index in [1.165, 1.54) is 23.9 Å². The molecule has 6 heteroatoms. The summed E-state index contributed by atoms with van der Waals surface area (Å²) in [7, 11) is 0. The Morgan fingerprint density at radius 1 is 1.31 bits per heavy atom. The van der Waals surface area contributed by atoms with Gasteiger partial charge in [0.25, 0.3) is 11.5 Å². The number of amides is 1. The molecule has 6 nitrogen and oxygen atoms in total. The zero-order chi connectivity index (χ0) is 20.8. The topological polar surface area (TPSA) is 73.2 Å². The van der Waals surface area contributed by atoms with Crippen molar-refractivity contribution in [2.45, 2.75) is 52.9 Å². The van der Waals surface area contributed by atoms with Crippen LogP contribution in [0.3, 0.4) is 0 Å². The molecule has 1 aromatic heterocycles. The van der Waals surface area contributed by atoms with Crippen LogP contribution in [0, 0.1) is 23.2 Å². The Morgan fingerprint density at radius 2 is 2.07 bits per heavy atom. The molecule has 156 valence electrons. The summed E-state index contributed by atoms with van der Waals surface area (Å²) in [6.07, 6.45) is 3.74. The lowest BCUT2D eigenvalue weighted by atomic mass is 9.46. The van der Waals surface area contributed by atoms with Gasteiger partial charge in [-0.25, -0.2) is 9.66 Å². The molecule has 3 fully saturated rings. The third-order valence-corrected chi connectivity index (χ3v) is 7.12. The maximum Gasteiger partial charge on any atom is 0.280 e. The van der Waals surface area contributed by atoms with E-state index in [4.69, 9.17) is 4.74 Å². The quantitative estimate of drug-likeness (QED) is 0.807. The Morgan fingerprint density at radius 3 is 2.76 bits per heavy atom. The lowest BCUT2D eigenvalue weighted by Crippen LogP contribution is -2.53. The zero-order valence-electron chi connectivity index (χ0n) is 17.8. The molecule has 1 amide bonds. The van der Waals surface area contributed by atoms with Crippen LogP contribution in [0.2, 0.25) is 0 Å². The molecule has 3 aliphatic rings. The van der Waals surface area contributed by atoms with Gasteiger partial charge in [-0.15, -0.1) is 0 Å². The van der Waals surface area contributed by atoms with E-state index in [1.807, 2.05) is 26.0 Å². The van der Waals surface area contributed by atoms with Gasteiger partial charge >= 0.3 is 0 Å². The molecule has 2 bridgehead atoms. The van der Waals surface area contributed by atoms with Gasteiger partial charge in [0.2, 0.25) is 0 Å². The Labute approximate surface area is 171 Å². The van der Waals surface area contributed by atoms with E-state index in [0.717, 1.165) is 5.92 Å². The van der Waals surface area contributed by atoms with Crippen molar-refractivity contribution in [3.05, 3.63) is 40.4 Å². The van der Waals surface area contributed by atoms with Gasteiger partial charge in [-0.1, -0.05) is 39.8 Å². The summed E-state index contributed by atoms with van der Waals surface area (Å²) in [6.45, 7) is 9.17. The Hall–Kier alpha value is -2.21. The van der Waals surface area contributed by atoms with Gasteiger partial charge in [-0.2, -0.15) is 0 Å². The minimum atomic E-state index is -0.326. The van der Waals surface area contributed by atoms with Gasteiger partial charge < -0.3 is 4.74 Å². The van der Waals surface area contributed by atoms with Crippen LogP contribution < -0.4 is 11.0 Å². The molecule has 0 aliphatic heterocycles. The summed E-state index contributed by atoms with van der Waals surface area (Å²) >= 11 is 0. The lowest BCUT2D eigenvalue weighted by molar-refractivity contribution is -0.133. The highest BCUT2D eigenvalue weighted by atomic mass is 16.5. The number of benzene rings is 1. The van der Waals surface area contributed by atoms with Crippen LogP contribution in [0.25, 0.3) is 10.9 Å². The van der Waals surface area contributed by atoms with Crippen molar-refractivity contribution in [1.82, 2.24) is 9.66 Å². The lowest BCUT2D eigenvalue weighted by Gasteiger charge is -2.60. The first-order valence-corrected chi connectivity index (χ1v) is 10.7. The summed E-state index contributed by atoms with van der Waals surface area (Å²) in [5.74, 6) is 2.28. The first-order chi connectivity index (χ1) is 13.8. The largest absolute Gasteiger partial charge is 0.371 e. The molecule has 1 N–H and O–H groups in total. The van der Waals surface area contributed by atoms with Gasteiger partial charge in [0.1, 0.15) is 12.4 Å². The molecular formula is C23H31N3O3. The minimum absolute atomic E-state index is 0.00967. The average molecular weight is 398 g/mol. The number of carbonyl (C=O) groups is 1. The number of fused-ring (bicyclic) bond motifs is 3. The fourth-order valence-electron chi connectivity index (χ4n) is 5.27. The van der Waals surface area contributed by atoms with Crippen LogP contribution in [0.15, 0.2) is 29.1 Å². The van der Waals surface area contributed by atoms with Crippen molar-refractivity contribution in [3.8, 4) is 0 Å². The fourth-order valence-corrected chi connectivity index (χ4v) is 5.27. The highest BCUT2D eigenvalue weighted by Crippen LogP contribution is 2.61. The van der Waals surface area contributed by atoms with Crippen molar-refractivity contribution in [3.63, 3.8) is 0 Å². The highest BCUT2D eigenvalue weighted by molar-refractivity contribution is 5.85. The van der Waals surface area contributed by atoms with Crippen LogP contribution in [0.5, 0.6) is 0 Å². The molecular weight excluding hydrogens is 366 g/mol. The smallest absolute Gasteiger partial charge is 0.280 e. The van der Waals surface area contributed by atoms with Crippen LogP contribution in [0.1, 0.15) is 58.7 Å². The molecule has 5 rings (SSSR count). The summed E-state index contributed by atoms with van der Waals surface area (Å²) in [4.78, 5) is 30.0. The molecule has 1 heterocycles. The number of carbonyl (C=O) groups excluding carboxylic acids is 1. The monoisotopic (exact) mass is 397 g/mol. The average Bonchev–Trinajstić information content (AvgIpc) is 2.69. The molecule has 0 saturated heterocycles. The van der Waals surface area contributed by atoms with E-state index in [1.54, 1.807) is 12.1 Å². The van der Waals surface area contributed by atoms with E-state index in [9.17, 15) is 9.59 Å². The van der Waals surface area contributed by atoms with Gasteiger partial charge in [-0.3, -0.25) is 15.0 Å². The second-order valence-corrected chi connectivity index (χ2v) is 9.53. The predicted octanol–water partition coefficient (Wildman–Crippen LogP) is 3.68. The summed E-state index contributed by atoms with van der Waals surface area (Å²) < 4.78 is 7.05. The fraction of sp³-hybridized carbons (Fsp3) is 0.609. The van der Waals surface area contributed by atoms with Gasteiger partial charge in [-0.05, 0) is 54.6 Å². The third kappa shape index (κ3) is 3.59. The molecule has 0 spiro atoms. The minimum Gasteiger partial charge on any atom is -0.371 e. The number of nitrogens with zero attached hydrogens (tertiary/aromatic N) is 2. The van der Waals surface area contributed by atoms with Crippen molar-refractivity contribution < 1.29 is 9.53 Å². The first kappa shape index (κ1) is 20.1. The second kappa shape index (κ2) is 7.56. The molecule has 1 aromatic carbocycles. The van der Waals surface area contributed by atoms with Crippen molar-refractivity contribution in [2.24, 2.45) is 23.2 Å². The maximum atomic E-state index is 12.9. The number of hydrogen-bond donors (Lipinski definition) is 1. The summed E-state index contributed by atoms with van der Waals surface area (Å²) in [5.41, 5.74) is 3.49. The molecule has 29 heavy (non-hydrogen) atoms. The van der Waals surface area contributed by atoms with Gasteiger partial charge in [0.15, 0.2) is 0 Å². The molecule has 3 saturated carbocycles. The van der Waals surface area contributed by atoms with E-state index in [-0.39, 0.29) is 24.0 Å². The van der Waals surface area contributed by atoms with E-state index < -0.39 is 0 Å². The van der Waals surface area contributed by atoms with Crippen molar-refractivity contribution >= 4 is 16.8 Å². The number of ether oxygens (including phenoxy) is 1. The molecule has 0 radical (unpaired) electrons. The predicted molar refractivity (Wildman–Crippen MR) is 113 cm³/mol. The molecule has 2 aromatic rings. The second-order valence-electron chi connectivity index (χ2n) is 9.53. The van der Waals surface area contributed by atoms with E-state index in [2.05, 4.69) is 24.3 Å². The van der Waals surface area contributed by atoms with Crippen molar-refractivity contribution in [2.75, 3.05) is 18.6 Å². The van der Waals surface area contributed by atoms with Crippen molar-refractivity contribution in [1.29, 1.82) is 0 Å². The highest BCUT2D eigenvalue weighted by Gasteiger charge is 2.54. The Kier molecular flexibility index (Phi) is 5.23. The number of rotatable bonds is 6. The number of aromatic nitrogens is 2. The molecule has 3 unspecified atom stereocenters. The Balaban J connectivity index is 1.42. The van der Waals surface area contributed by atoms with E-state index in [0.29, 0.717) is 40.6 Å². The molecule has 3 aliphatic carbocycles. The number of nitrogens with one attached hydrogen (secondary N) is 1. The summed E-state index contributed by atoms with van der Waals surface area (Å²) in [5, 5.41) is 0.488. The maximum absolute atomic E-state index is 12.9. The number of hydrogen-bond acceptors (Lipinski definition) is 4. The van der Waals surface area contributed by atoms with Crippen LogP contribution >= 0.6 is 0 Å². The van der Waals surface area contributed by atoms with Gasteiger partial charge in [0.05, 0.1) is 17.5 Å². The van der Waals surface area contributed by atoms with E-state index >= 15 is 0 Å². The first-order valence-electron chi connectivity index (χ1n) is 10.7. The van der Waals surface area contributed by atoms with Crippen LogP contribution in [-0.2, 0) is 9.53 Å². The van der Waals surface area contributed by atoms with Gasteiger partial charge in [0, 0.05) is 5.92 Å². The van der Waals surface area contributed by atoms with Crippen LogP contribution in [-0.4, -0.2) is 28.8 Å². The zero-order valence-corrected chi connectivity index (χ0v) is 17.8. The SMILES string of the molecule is CC(C)c1nc2ccccc2c(=O)n1NC(=O)COCC1CCC2CC1C2(C)C. The third-order valence-electron chi connectivity index (χ3n) is 7.12. The molecule has 3 atom stereocenters. The normalized spacial score (nSPS) is 25.1. The standard InChI is InChI=1S/C23H31N3O3/c1-14(2)21-24-19-8-6-5-7-17(19)22(28)26(21)25-20(27)13-29-12-15-9-10-16-11-18(15)23(16,3)4/h5-8,14-16,18H,9-13H2,1-4H3,(H,25,27). The van der Waals surface area contributed by atoms with Crippen LogP contribution in [0.4, 0.5) is 0 Å².